The third kappa shape index (κ3) is 6.40. The standard InChI is InChI=1S/C25H30N4O2S/c1-17(2)20-10-12-21(13-11-20)27-25(31)29(18(3)4)15-23-28-22(16-32-23)24(30)26-14-19-8-6-5-7-9-19/h5-13,16-18H,14-15H2,1-4H3,(H,26,30)(H,27,31). The van der Waals surface area contributed by atoms with Crippen LogP contribution in [0.3, 0.4) is 0 Å². The molecule has 1 aromatic heterocycles. The molecule has 0 fully saturated rings. The predicted molar refractivity (Wildman–Crippen MR) is 130 cm³/mol. The van der Waals surface area contributed by atoms with E-state index in [9.17, 15) is 9.59 Å². The van der Waals surface area contributed by atoms with Crippen LogP contribution < -0.4 is 10.6 Å². The van der Waals surface area contributed by atoms with Gasteiger partial charge in [-0.15, -0.1) is 11.3 Å². The van der Waals surface area contributed by atoms with Crippen molar-refractivity contribution in [2.24, 2.45) is 0 Å². The lowest BCUT2D eigenvalue weighted by Gasteiger charge is -2.26. The Morgan fingerprint density at radius 2 is 1.69 bits per heavy atom. The number of hydrogen-bond donors (Lipinski definition) is 2. The number of rotatable bonds is 8. The van der Waals surface area contributed by atoms with Gasteiger partial charge in [-0.3, -0.25) is 4.79 Å². The highest BCUT2D eigenvalue weighted by molar-refractivity contribution is 7.09. The lowest BCUT2D eigenvalue weighted by molar-refractivity contribution is 0.0946. The number of carbonyl (C=O) groups is 2. The van der Waals surface area contributed by atoms with Crippen molar-refractivity contribution in [3.63, 3.8) is 0 Å². The van der Waals surface area contributed by atoms with Gasteiger partial charge in [0.05, 0.1) is 6.54 Å². The van der Waals surface area contributed by atoms with Crippen LogP contribution in [0.25, 0.3) is 0 Å². The molecule has 7 heteroatoms. The average molecular weight is 451 g/mol. The predicted octanol–water partition coefficient (Wildman–Crippen LogP) is 5.64. The molecule has 6 nitrogen and oxygen atoms in total. The highest BCUT2D eigenvalue weighted by atomic mass is 32.1. The fourth-order valence-electron chi connectivity index (χ4n) is 3.14. The molecule has 3 amide bonds. The number of nitrogens with one attached hydrogen (secondary N) is 2. The van der Waals surface area contributed by atoms with Crippen molar-refractivity contribution in [2.75, 3.05) is 5.32 Å². The van der Waals surface area contributed by atoms with Gasteiger partial charge < -0.3 is 15.5 Å². The van der Waals surface area contributed by atoms with Crippen molar-refractivity contribution in [1.29, 1.82) is 0 Å². The fourth-order valence-corrected chi connectivity index (χ4v) is 3.91. The van der Waals surface area contributed by atoms with Crippen molar-refractivity contribution in [3.05, 3.63) is 81.8 Å². The van der Waals surface area contributed by atoms with E-state index in [-0.39, 0.29) is 18.0 Å². The maximum Gasteiger partial charge on any atom is 0.322 e. The third-order valence-corrected chi connectivity index (χ3v) is 5.93. The molecule has 2 aromatic carbocycles. The van der Waals surface area contributed by atoms with Gasteiger partial charge in [0.15, 0.2) is 0 Å². The van der Waals surface area contributed by atoms with E-state index in [0.29, 0.717) is 29.7 Å². The van der Waals surface area contributed by atoms with Crippen LogP contribution in [0.2, 0.25) is 0 Å². The highest BCUT2D eigenvalue weighted by Gasteiger charge is 2.20. The summed E-state index contributed by atoms with van der Waals surface area (Å²) in [6, 6.07) is 17.4. The number of carbonyl (C=O) groups excluding carboxylic acids is 2. The molecule has 0 saturated heterocycles. The van der Waals surface area contributed by atoms with Gasteiger partial charge in [0, 0.05) is 23.7 Å². The van der Waals surface area contributed by atoms with Crippen molar-refractivity contribution in [3.8, 4) is 0 Å². The lowest BCUT2D eigenvalue weighted by atomic mass is 10.0. The maximum absolute atomic E-state index is 12.9. The van der Waals surface area contributed by atoms with E-state index in [2.05, 4.69) is 29.5 Å². The second-order valence-electron chi connectivity index (χ2n) is 8.22. The molecule has 2 N–H and O–H groups in total. The van der Waals surface area contributed by atoms with Gasteiger partial charge in [-0.25, -0.2) is 9.78 Å². The number of hydrogen-bond acceptors (Lipinski definition) is 4. The fraction of sp³-hybridized carbons (Fsp3) is 0.320. The van der Waals surface area contributed by atoms with Gasteiger partial charge >= 0.3 is 6.03 Å². The molecule has 1 heterocycles. The summed E-state index contributed by atoms with van der Waals surface area (Å²) in [6.07, 6.45) is 0. The summed E-state index contributed by atoms with van der Waals surface area (Å²) in [5.74, 6) is 0.220. The Hall–Kier alpha value is -3.19. The monoisotopic (exact) mass is 450 g/mol. The van der Waals surface area contributed by atoms with Crippen molar-refractivity contribution < 1.29 is 9.59 Å². The molecule has 3 rings (SSSR count). The first-order chi connectivity index (χ1) is 15.3. The van der Waals surface area contributed by atoms with Gasteiger partial charge in [0.2, 0.25) is 0 Å². The maximum atomic E-state index is 12.9. The summed E-state index contributed by atoms with van der Waals surface area (Å²) < 4.78 is 0. The van der Waals surface area contributed by atoms with Crippen molar-refractivity contribution >= 4 is 29.0 Å². The summed E-state index contributed by atoms with van der Waals surface area (Å²) in [5, 5.41) is 8.30. The van der Waals surface area contributed by atoms with Gasteiger partial charge in [0.1, 0.15) is 10.7 Å². The zero-order chi connectivity index (χ0) is 23.1. The number of thiazole rings is 1. The molecule has 0 saturated carbocycles. The Balaban J connectivity index is 1.60. The number of amides is 3. The first-order valence-electron chi connectivity index (χ1n) is 10.8. The number of aromatic nitrogens is 1. The van der Waals surface area contributed by atoms with E-state index >= 15 is 0 Å². The summed E-state index contributed by atoms with van der Waals surface area (Å²) in [4.78, 5) is 31.5. The summed E-state index contributed by atoms with van der Waals surface area (Å²) >= 11 is 1.38. The molecular weight excluding hydrogens is 420 g/mol. The van der Waals surface area contributed by atoms with Gasteiger partial charge in [-0.2, -0.15) is 0 Å². The Bertz CT molecular complexity index is 1030. The molecule has 0 aliphatic carbocycles. The molecule has 3 aromatic rings. The summed E-state index contributed by atoms with van der Waals surface area (Å²) in [7, 11) is 0. The van der Waals surface area contributed by atoms with Crippen LogP contribution in [0.1, 0.15) is 60.2 Å². The van der Waals surface area contributed by atoms with E-state index in [0.717, 1.165) is 11.3 Å². The van der Waals surface area contributed by atoms with Crippen molar-refractivity contribution in [2.45, 2.75) is 52.7 Å². The van der Waals surface area contributed by atoms with Gasteiger partial charge in [-0.1, -0.05) is 56.3 Å². The van der Waals surface area contributed by atoms with E-state index < -0.39 is 0 Å². The van der Waals surface area contributed by atoms with Gasteiger partial charge in [0.25, 0.3) is 5.91 Å². The Morgan fingerprint density at radius 1 is 1.00 bits per heavy atom. The summed E-state index contributed by atoms with van der Waals surface area (Å²) in [5.41, 5.74) is 3.38. The smallest absolute Gasteiger partial charge is 0.322 e. The van der Waals surface area contributed by atoms with E-state index in [1.54, 1.807) is 10.3 Å². The van der Waals surface area contributed by atoms with Crippen LogP contribution >= 0.6 is 11.3 Å². The molecule has 0 radical (unpaired) electrons. The normalized spacial score (nSPS) is 10.9. The minimum Gasteiger partial charge on any atom is -0.347 e. The number of anilines is 1. The van der Waals surface area contributed by atoms with Crippen LogP contribution in [0.4, 0.5) is 10.5 Å². The Morgan fingerprint density at radius 3 is 2.31 bits per heavy atom. The Kier molecular flexibility index (Phi) is 8.00. The van der Waals surface area contributed by atoms with E-state index in [1.807, 2.05) is 68.4 Å². The molecule has 0 aliphatic rings. The first-order valence-corrected chi connectivity index (χ1v) is 11.7. The lowest BCUT2D eigenvalue weighted by Crippen LogP contribution is -2.39. The highest BCUT2D eigenvalue weighted by Crippen LogP contribution is 2.19. The van der Waals surface area contributed by atoms with Crippen LogP contribution in [0.5, 0.6) is 0 Å². The minimum absolute atomic E-state index is 0.0239. The van der Waals surface area contributed by atoms with E-state index in [1.165, 1.54) is 16.9 Å². The van der Waals surface area contributed by atoms with E-state index in [4.69, 9.17) is 0 Å². The molecule has 168 valence electrons. The third-order valence-electron chi connectivity index (χ3n) is 5.10. The summed E-state index contributed by atoms with van der Waals surface area (Å²) in [6.45, 7) is 8.98. The topological polar surface area (TPSA) is 74.3 Å². The number of nitrogens with zero attached hydrogens (tertiary/aromatic N) is 2. The van der Waals surface area contributed by atoms with Crippen LogP contribution in [-0.2, 0) is 13.1 Å². The van der Waals surface area contributed by atoms with Crippen LogP contribution in [0, 0.1) is 0 Å². The van der Waals surface area contributed by atoms with Crippen LogP contribution in [0.15, 0.2) is 60.0 Å². The molecule has 32 heavy (non-hydrogen) atoms. The molecule has 0 bridgehead atoms. The number of urea groups is 1. The SMILES string of the molecule is CC(C)c1ccc(NC(=O)N(Cc2nc(C(=O)NCc3ccccc3)cs2)C(C)C)cc1. The molecular formula is C25H30N4O2S. The zero-order valence-electron chi connectivity index (χ0n) is 19.0. The van der Waals surface area contributed by atoms with Gasteiger partial charge in [-0.05, 0) is 43.0 Å². The quantitative estimate of drug-likeness (QED) is 0.466. The van der Waals surface area contributed by atoms with Crippen molar-refractivity contribution in [1.82, 2.24) is 15.2 Å². The molecule has 0 spiro atoms. The second kappa shape index (κ2) is 10.9. The molecule has 0 aliphatic heterocycles. The minimum atomic E-state index is -0.220. The molecule has 0 atom stereocenters. The largest absolute Gasteiger partial charge is 0.347 e. The second-order valence-corrected chi connectivity index (χ2v) is 9.17. The first kappa shape index (κ1) is 23.5. The van der Waals surface area contributed by atoms with Crippen LogP contribution in [-0.4, -0.2) is 27.9 Å². The zero-order valence-corrected chi connectivity index (χ0v) is 19.8. The number of benzene rings is 2. The Labute approximate surface area is 193 Å². The molecule has 0 unspecified atom stereocenters. The average Bonchev–Trinajstić information content (AvgIpc) is 3.25.